The number of nitrogens with one attached hydrogen (secondary N) is 1. The highest BCUT2D eigenvalue weighted by molar-refractivity contribution is 6.31. The van der Waals surface area contributed by atoms with E-state index in [1.54, 1.807) is 29.2 Å². The molecule has 0 radical (unpaired) electrons. The number of rotatable bonds is 4. The summed E-state index contributed by atoms with van der Waals surface area (Å²) in [6.07, 6.45) is 4.20. The molecule has 0 spiro atoms. The van der Waals surface area contributed by atoms with Crippen molar-refractivity contribution in [2.24, 2.45) is 5.92 Å². The smallest absolute Gasteiger partial charge is 0.254 e. The maximum absolute atomic E-state index is 13.2. The van der Waals surface area contributed by atoms with E-state index in [0.717, 1.165) is 10.8 Å². The lowest BCUT2D eigenvalue weighted by atomic mass is 9.94. The fourth-order valence-corrected chi connectivity index (χ4v) is 4.47. The standard InChI is InChI=1S/C25H22ClN5O2/c26-19-8-9-23(31-16-27-15-28-31)22(14-19)29-24(32)18-10-12-30(13-11-18)25(33)21-7-3-5-17-4-1-2-6-20(17)21/h1-9,14-16,18H,10-13H2,(H,29,32). The van der Waals surface area contributed by atoms with Gasteiger partial charge in [0, 0.05) is 29.6 Å². The molecule has 3 aromatic carbocycles. The molecule has 33 heavy (non-hydrogen) atoms. The lowest BCUT2D eigenvalue weighted by molar-refractivity contribution is -0.121. The lowest BCUT2D eigenvalue weighted by Crippen LogP contribution is -2.41. The second kappa shape index (κ2) is 9.03. The largest absolute Gasteiger partial charge is 0.339 e. The monoisotopic (exact) mass is 459 g/mol. The molecule has 2 amide bonds. The van der Waals surface area contributed by atoms with Crippen LogP contribution in [0.3, 0.4) is 0 Å². The molecule has 1 aromatic heterocycles. The number of amides is 2. The van der Waals surface area contributed by atoms with Gasteiger partial charge in [0.05, 0.1) is 11.4 Å². The number of aromatic nitrogens is 3. The highest BCUT2D eigenvalue weighted by atomic mass is 35.5. The van der Waals surface area contributed by atoms with E-state index in [1.807, 2.05) is 47.4 Å². The molecule has 1 N–H and O–H groups in total. The van der Waals surface area contributed by atoms with Crippen molar-refractivity contribution in [1.29, 1.82) is 0 Å². The van der Waals surface area contributed by atoms with Gasteiger partial charge in [-0.15, -0.1) is 0 Å². The van der Waals surface area contributed by atoms with E-state index >= 15 is 0 Å². The maximum atomic E-state index is 13.2. The number of likely N-dealkylation sites (tertiary alicyclic amines) is 1. The molecule has 166 valence electrons. The highest BCUT2D eigenvalue weighted by Gasteiger charge is 2.29. The number of carbonyl (C=O) groups is 2. The van der Waals surface area contributed by atoms with Gasteiger partial charge in [0.15, 0.2) is 0 Å². The van der Waals surface area contributed by atoms with Crippen LogP contribution in [-0.4, -0.2) is 44.6 Å². The van der Waals surface area contributed by atoms with Gasteiger partial charge in [-0.2, -0.15) is 5.10 Å². The molecule has 8 heteroatoms. The molecule has 1 saturated heterocycles. The van der Waals surface area contributed by atoms with Crippen LogP contribution in [0.15, 0.2) is 73.3 Å². The fourth-order valence-electron chi connectivity index (χ4n) is 4.30. The molecule has 0 unspecified atom stereocenters. The predicted octanol–water partition coefficient (Wildman–Crippen LogP) is 4.56. The highest BCUT2D eigenvalue weighted by Crippen LogP contribution is 2.27. The van der Waals surface area contributed by atoms with Gasteiger partial charge in [-0.1, -0.05) is 48.0 Å². The molecule has 1 aliphatic heterocycles. The van der Waals surface area contributed by atoms with E-state index in [4.69, 9.17) is 11.6 Å². The number of anilines is 1. The van der Waals surface area contributed by atoms with Gasteiger partial charge in [0.1, 0.15) is 12.7 Å². The van der Waals surface area contributed by atoms with E-state index in [0.29, 0.717) is 47.9 Å². The minimum absolute atomic E-state index is 0.00830. The van der Waals surface area contributed by atoms with Gasteiger partial charge in [0.2, 0.25) is 5.91 Å². The van der Waals surface area contributed by atoms with Crippen molar-refractivity contribution < 1.29 is 9.59 Å². The SMILES string of the molecule is O=C(Nc1cc(Cl)ccc1-n1cncn1)C1CCN(C(=O)c2cccc3ccccc23)CC1. The number of halogens is 1. The van der Waals surface area contributed by atoms with Crippen molar-refractivity contribution in [2.45, 2.75) is 12.8 Å². The zero-order chi connectivity index (χ0) is 22.8. The van der Waals surface area contributed by atoms with E-state index in [2.05, 4.69) is 15.4 Å². The summed E-state index contributed by atoms with van der Waals surface area (Å²) in [5, 5.41) is 9.65. The minimum Gasteiger partial charge on any atom is -0.339 e. The van der Waals surface area contributed by atoms with Crippen LogP contribution < -0.4 is 5.32 Å². The third-order valence-electron chi connectivity index (χ3n) is 6.06. The molecule has 0 saturated carbocycles. The first-order chi connectivity index (χ1) is 16.1. The molecule has 0 bridgehead atoms. The zero-order valence-electron chi connectivity index (χ0n) is 17.8. The Morgan fingerprint density at radius 1 is 1.00 bits per heavy atom. The first kappa shape index (κ1) is 21.2. The number of hydrogen-bond acceptors (Lipinski definition) is 4. The number of carbonyl (C=O) groups excluding carboxylic acids is 2. The van der Waals surface area contributed by atoms with E-state index < -0.39 is 0 Å². The third kappa shape index (κ3) is 4.32. The summed E-state index contributed by atoms with van der Waals surface area (Å²) in [5.74, 6) is -0.269. The van der Waals surface area contributed by atoms with Gasteiger partial charge in [-0.25, -0.2) is 9.67 Å². The van der Waals surface area contributed by atoms with Gasteiger partial charge >= 0.3 is 0 Å². The predicted molar refractivity (Wildman–Crippen MR) is 128 cm³/mol. The van der Waals surface area contributed by atoms with Crippen molar-refractivity contribution >= 4 is 39.9 Å². The van der Waals surface area contributed by atoms with Crippen LogP contribution >= 0.6 is 11.6 Å². The molecule has 7 nitrogen and oxygen atoms in total. The molecular formula is C25H22ClN5O2. The second-order valence-corrected chi connectivity index (χ2v) is 8.52. The van der Waals surface area contributed by atoms with Crippen LogP contribution in [0, 0.1) is 5.92 Å². The van der Waals surface area contributed by atoms with Crippen molar-refractivity contribution in [3.8, 4) is 5.69 Å². The number of nitrogens with zero attached hydrogens (tertiary/aromatic N) is 4. The Labute approximate surface area is 196 Å². The lowest BCUT2D eigenvalue weighted by Gasteiger charge is -2.31. The van der Waals surface area contributed by atoms with Crippen LogP contribution in [0.4, 0.5) is 5.69 Å². The summed E-state index contributed by atoms with van der Waals surface area (Å²) >= 11 is 6.16. The first-order valence-corrected chi connectivity index (χ1v) is 11.2. The number of fused-ring (bicyclic) bond motifs is 1. The zero-order valence-corrected chi connectivity index (χ0v) is 18.6. The topological polar surface area (TPSA) is 80.1 Å². The molecule has 0 aliphatic carbocycles. The summed E-state index contributed by atoms with van der Waals surface area (Å²) in [4.78, 5) is 32.0. The number of piperidine rings is 1. The summed E-state index contributed by atoms with van der Waals surface area (Å²) in [5.41, 5.74) is 1.97. The molecule has 4 aromatic rings. The van der Waals surface area contributed by atoms with Gasteiger partial charge in [-0.3, -0.25) is 9.59 Å². The van der Waals surface area contributed by atoms with Crippen LogP contribution in [0.5, 0.6) is 0 Å². The number of hydrogen-bond donors (Lipinski definition) is 1. The third-order valence-corrected chi connectivity index (χ3v) is 6.29. The van der Waals surface area contributed by atoms with Gasteiger partial charge in [0.25, 0.3) is 5.91 Å². The van der Waals surface area contributed by atoms with E-state index in [9.17, 15) is 9.59 Å². The average molecular weight is 460 g/mol. The van der Waals surface area contributed by atoms with Gasteiger partial charge in [-0.05, 0) is 47.9 Å². The molecule has 1 aliphatic rings. The molecule has 0 atom stereocenters. The quantitative estimate of drug-likeness (QED) is 0.485. The molecule has 1 fully saturated rings. The summed E-state index contributed by atoms with van der Waals surface area (Å²) < 4.78 is 1.58. The van der Waals surface area contributed by atoms with E-state index in [-0.39, 0.29) is 17.7 Å². The van der Waals surface area contributed by atoms with Crippen LogP contribution in [0.1, 0.15) is 23.2 Å². The Hall–Kier alpha value is -3.71. The van der Waals surface area contributed by atoms with Crippen molar-refractivity contribution in [2.75, 3.05) is 18.4 Å². The maximum Gasteiger partial charge on any atom is 0.254 e. The van der Waals surface area contributed by atoms with Crippen LogP contribution in [0.25, 0.3) is 16.5 Å². The number of benzene rings is 3. The summed E-state index contributed by atoms with van der Waals surface area (Å²) in [6, 6.07) is 18.9. The average Bonchev–Trinajstić information content (AvgIpc) is 3.38. The summed E-state index contributed by atoms with van der Waals surface area (Å²) in [7, 11) is 0. The Morgan fingerprint density at radius 3 is 2.58 bits per heavy atom. The Balaban J connectivity index is 1.27. The minimum atomic E-state index is -0.191. The second-order valence-electron chi connectivity index (χ2n) is 8.08. The van der Waals surface area contributed by atoms with Crippen molar-refractivity contribution in [1.82, 2.24) is 19.7 Å². The molecule has 5 rings (SSSR count). The fraction of sp³-hybridized carbons (Fsp3) is 0.200. The Morgan fingerprint density at radius 2 is 1.79 bits per heavy atom. The van der Waals surface area contributed by atoms with Crippen molar-refractivity contribution in [3.63, 3.8) is 0 Å². The normalized spacial score (nSPS) is 14.4. The van der Waals surface area contributed by atoms with Crippen molar-refractivity contribution in [3.05, 3.63) is 83.9 Å². The Bertz CT molecular complexity index is 1310. The molecular weight excluding hydrogens is 438 g/mol. The first-order valence-electron chi connectivity index (χ1n) is 10.8. The van der Waals surface area contributed by atoms with Gasteiger partial charge < -0.3 is 10.2 Å². The van der Waals surface area contributed by atoms with E-state index in [1.165, 1.54) is 6.33 Å². The Kier molecular flexibility index (Phi) is 5.79. The van der Waals surface area contributed by atoms with Crippen LogP contribution in [-0.2, 0) is 4.79 Å². The summed E-state index contributed by atoms with van der Waals surface area (Å²) in [6.45, 7) is 1.07. The van der Waals surface area contributed by atoms with Crippen LogP contribution in [0.2, 0.25) is 5.02 Å². The molecule has 2 heterocycles.